The number of anilines is 2. The Morgan fingerprint density at radius 3 is 2.47 bits per heavy atom. The largest absolute Gasteiger partial charge is 0.326 e. The van der Waals surface area contributed by atoms with Crippen LogP contribution in [0, 0.1) is 0 Å². The third-order valence-corrected chi connectivity index (χ3v) is 5.84. The van der Waals surface area contributed by atoms with E-state index in [-0.39, 0.29) is 17.6 Å². The van der Waals surface area contributed by atoms with Crippen LogP contribution in [0.5, 0.6) is 0 Å². The van der Waals surface area contributed by atoms with Crippen LogP contribution in [0.2, 0.25) is 10.0 Å². The fourth-order valence-corrected chi connectivity index (χ4v) is 3.87. The van der Waals surface area contributed by atoms with E-state index in [1.54, 1.807) is 30.3 Å². The van der Waals surface area contributed by atoms with Crippen molar-refractivity contribution in [2.75, 3.05) is 16.4 Å². The summed E-state index contributed by atoms with van der Waals surface area (Å²) in [6.07, 6.45) is 0. The molecule has 10 heteroatoms. The first-order valence-corrected chi connectivity index (χ1v) is 10.8. The Kier molecular flexibility index (Phi) is 7.36. The van der Waals surface area contributed by atoms with Crippen molar-refractivity contribution in [3.63, 3.8) is 0 Å². The minimum Gasteiger partial charge on any atom is -0.326 e. The first-order valence-electron chi connectivity index (χ1n) is 9.07. The Bertz CT molecular complexity index is 1070. The first kappa shape index (κ1) is 22.1. The van der Waals surface area contributed by atoms with Crippen LogP contribution in [0.1, 0.15) is 13.8 Å². The molecule has 0 unspecified atom stereocenters. The monoisotopic (exact) mass is 463 g/mol. The van der Waals surface area contributed by atoms with Crippen molar-refractivity contribution in [3.05, 3.63) is 52.5 Å². The summed E-state index contributed by atoms with van der Waals surface area (Å²) in [5.41, 5.74) is 2.03. The van der Waals surface area contributed by atoms with E-state index < -0.39 is 0 Å². The highest BCUT2D eigenvalue weighted by Crippen LogP contribution is 2.30. The lowest BCUT2D eigenvalue weighted by atomic mass is 10.2. The van der Waals surface area contributed by atoms with E-state index in [1.807, 2.05) is 23.6 Å². The second-order valence-corrected chi connectivity index (χ2v) is 7.97. The number of carbonyl (C=O) groups excluding carboxylic acids is 2. The van der Waals surface area contributed by atoms with Gasteiger partial charge in [-0.05, 0) is 43.3 Å². The Labute approximate surface area is 188 Å². The Hall–Kier alpha value is -2.55. The molecule has 0 radical (unpaired) electrons. The lowest BCUT2D eigenvalue weighted by Gasteiger charge is -2.09. The molecule has 156 valence electrons. The van der Waals surface area contributed by atoms with E-state index in [0.717, 1.165) is 5.56 Å². The molecule has 0 saturated heterocycles. The highest BCUT2D eigenvalue weighted by molar-refractivity contribution is 7.99. The van der Waals surface area contributed by atoms with Crippen LogP contribution >= 0.6 is 35.0 Å². The van der Waals surface area contributed by atoms with Gasteiger partial charge < -0.3 is 15.2 Å². The molecule has 0 bridgehead atoms. The summed E-state index contributed by atoms with van der Waals surface area (Å²) in [6.45, 7) is 4.08. The molecule has 3 aromatic rings. The van der Waals surface area contributed by atoms with Crippen LogP contribution in [0.4, 0.5) is 11.4 Å². The molecule has 0 aliphatic rings. The number of rotatable bonds is 7. The van der Waals surface area contributed by atoms with Crippen molar-refractivity contribution in [2.45, 2.75) is 25.5 Å². The third-order valence-electron chi connectivity index (χ3n) is 4.05. The molecular formula is C20H19Cl2N5O2S. The first-order chi connectivity index (χ1) is 14.4. The molecule has 2 N–H and O–H groups in total. The third kappa shape index (κ3) is 5.33. The summed E-state index contributed by atoms with van der Waals surface area (Å²) < 4.78 is 1.93. The number of amides is 2. The SMILES string of the molecule is CCn1c(SCC(=O)Nc2cccc(Cl)c2Cl)nnc1-c1ccc(NC(C)=O)cc1. The smallest absolute Gasteiger partial charge is 0.234 e. The molecule has 3 rings (SSSR count). The number of hydrogen-bond donors (Lipinski definition) is 2. The number of benzene rings is 2. The maximum absolute atomic E-state index is 12.3. The van der Waals surface area contributed by atoms with Crippen LogP contribution in [0.25, 0.3) is 11.4 Å². The minimum absolute atomic E-state index is 0.129. The molecule has 1 heterocycles. The number of thioether (sulfide) groups is 1. The van der Waals surface area contributed by atoms with Gasteiger partial charge in [-0.1, -0.05) is 41.0 Å². The van der Waals surface area contributed by atoms with Gasteiger partial charge in [-0.25, -0.2) is 0 Å². The average Bonchev–Trinajstić information content (AvgIpc) is 3.13. The van der Waals surface area contributed by atoms with Crippen molar-refractivity contribution >= 4 is 58.2 Å². The van der Waals surface area contributed by atoms with Crippen molar-refractivity contribution < 1.29 is 9.59 Å². The van der Waals surface area contributed by atoms with Gasteiger partial charge in [-0.15, -0.1) is 10.2 Å². The molecule has 0 atom stereocenters. The van der Waals surface area contributed by atoms with Crippen molar-refractivity contribution in [2.24, 2.45) is 0 Å². The topological polar surface area (TPSA) is 88.9 Å². The highest BCUT2D eigenvalue weighted by atomic mass is 35.5. The van der Waals surface area contributed by atoms with E-state index in [2.05, 4.69) is 20.8 Å². The fraction of sp³-hybridized carbons (Fsp3) is 0.200. The van der Waals surface area contributed by atoms with E-state index >= 15 is 0 Å². The van der Waals surface area contributed by atoms with E-state index in [4.69, 9.17) is 23.2 Å². The standard InChI is InChI=1S/C20H19Cl2N5O2S/c1-3-27-19(13-7-9-14(10-8-13)23-12(2)28)25-26-20(27)30-11-17(29)24-16-6-4-5-15(21)18(16)22/h4-10H,3,11H2,1-2H3,(H,23,28)(H,24,29). The summed E-state index contributed by atoms with van der Waals surface area (Å²) in [5, 5.41) is 15.3. The zero-order valence-electron chi connectivity index (χ0n) is 16.3. The van der Waals surface area contributed by atoms with Crippen molar-refractivity contribution in [1.29, 1.82) is 0 Å². The average molecular weight is 464 g/mol. The summed E-state index contributed by atoms with van der Waals surface area (Å²) in [4.78, 5) is 23.5. The molecule has 30 heavy (non-hydrogen) atoms. The van der Waals surface area contributed by atoms with Gasteiger partial charge in [0.15, 0.2) is 11.0 Å². The lowest BCUT2D eigenvalue weighted by molar-refractivity contribution is -0.114. The summed E-state index contributed by atoms with van der Waals surface area (Å²) >= 11 is 13.4. The summed E-state index contributed by atoms with van der Waals surface area (Å²) in [6, 6.07) is 12.4. The minimum atomic E-state index is -0.226. The van der Waals surface area contributed by atoms with Gasteiger partial charge in [-0.2, -0.15) is 0 Å². The van der Waals surface area contributed by atoms with Gasteiger partial charge in [0.2, 0.25) is 11.8 Å². The molecule has 0 spiro atoms. The van der Waals surface area contributed by atoms with Crippen molar-refractivity contribution in [1.82, 2.24) is 14.8 Å². The van der Waals surface area contributed by atoms with Gasteiger partial charge in [0.1, 0.15) is 0 Å². The number of halogens is 2. The van der Waals surface area contributed by atoms with E-state index in [9.17, 15) is 9.59 Å². The van der Waals surface area contributed by atoms with Crippen molar-refractivity contribution in [3.8, 4) is 11.4 Å². The van der Waals surface area contributed by atoms with Gasteiger partial charge in [-0.3, -0.25) is 9.59 Å². The lowest BCUT2D eigenvalue weighted by Crippen LogP contribution is -2.15. The van der Waals surface area contributed by atoms with E-state index in [1.165, 1.54) is 18.7 Å². The molecule has 0 fully saturated rings. The molecule has 0 aliphatic heterocycles. The van der Waals surface area contributed by atoms with Gasteiger partial charge in [0, 0.05) is 24.7 Å². The van der Waals surface area contributed by atoms with E-state index in [0.29, 0.717) is 38.9 Å². The predicted molar refractivity (Wildman–Crippen MR) is 121 cm³/mol. The molecular weight excluding hydrogens is 445 g/mol. The molecule has 0 aliphatic carbocycles. The predicted octanol–water partition coefficient (Wildman–Crippen LogP) is 4.96. The number of hydrogen-bond acceptors (Lipinski definition) is 5. The Balaban J connectivity index is 1.69. The Morgan fingerprint density at radius 2 is 1.80 bits per heavy atom. The zero-order chi connectivity index (χ0) is 21.7. The second kappa shape index (κ2) is 9.97. The fourth-order valence-electron chi connectivity index (χ4n) is 2.72. The molecule has 1 aromatic heterocycles. The number of nitrogens with zero attached hydrogens (tertiary/aromatic N) is 3. The number of carbonyl (C=O) groups is 2. The maximum atomic E-state index is 12.3. The van der Waals surface area contributed by atoms with Gasteiger partial charge in [0.25, 0.3) is 0 Å². The highest BCUT2D eigenvalue weighted by Gasteiger charge is 2.15. The van der Waals surface area contributed by atoms with Crippen LogP contribution in [-0.2, 0) is 16.1 Å². The van der Waals surface area contributed by atoms with Gasteiger partial charge >= 0.3 is 0 Å². The molecule has 2 amide bonds. The molecule has 0 saturated carbocycles. The number of aromatic nitrogens is 3. The zero-order valence-corrected chi connectivity index (χ0v) is 18.6. The second-order valence-electron chi connectivity index (χ2n) is 6.25. The van der Waals surface area contributed by atoms with Crippen LogP contribution in [0.15, 0.2) is 47.6 Å². The normalized spacial score (nSPS) is 10.7. The van der Waals surface area contributed by atoms with Crippen LogP contribution < -0.4 is 10.6 Å². The van der Waals surface area contributed by atoms with Gasteiger partial charge in [0.05, 0.1) is 21.5 Å². The molecule has 7 nitrogen and oxygen atoms in total. The number of nitrogens with one attached hydrogen (secondary N) is 2. The molecule has 2 aromatic carbocycles. The van der Waals surface area contributed by atoms with Crippen LogP contribution in [0.3, 0.4) is 0 Å². The Morgan fingerprint density at radius 1 is 1.07 bits per heavy atom. The van der Waals surface area contributed by atoms with Crippen LogP contribution in [-0.4, -0.2) is 32.3 Å². The summed E-state index contributed by atoms with van der Waals surface area (Å²) in [7, 11) is 0. The summed E-state index contributed by atoms with van der Waals surface area (Å²) in [5.74, 6) is 0.474. The quantitative estimate of drug-likeness (QED) is 0.483. The maximum Gasteiger partial charge on any atom is 0.234 e.